The Bertz CT molecular complexity index is 701. The van der Waals surface area contributed by atoms with Crippen LogP contribution in [0.3, 0.4) is 0 Å². The molecule has 0 aromatic heterocycles. The standard InChI is InChI=1S/C10H9F3S.C7H8FN/c1-3-4-6-7(11)5-8(12)9(13)10(6)14-2;1-5-2-3-6(9)4-7(5)8/h3,5H,1,4H2,2H3;2-4H,9H2,1H3. The Morgan fingerprint density at radius 1 is 1.09 bits per heavy atom. The number of thioether (sulfide) groups is 1. The Kier molecular flexibility index (Phi) is 7.16. The van der Waals surface area contributed by atoms with Crippen molar-refractivity contribution in [2.75, 3.05) is 12.0 Å². The van der Waals surface area contributed by atoms with Gasteiger partial charge in [0.2, 0.25) is 0 Å². The molecule has 0 bridgehead atoms. The number of allylic oxidation sites excluding steroid dienone is 1. The zero-order valence-electron chi connectivity index (χ0n) is 12.8. The van der Waals surface area contributed by atoms with E-state index in [1.54, 1.807) is 25.3 Å². The molecule has 0 fully saturated rings. The zero-order valence-corrected chi connectivity index (χ0v) is 13.6. The number of halogens is 4. The minimum absolute atomic E-state index is 0.0161. The van der Waals surface area contributed by atoms with Gasteiger partial charge in [-0.2, -0.15) is 0 Å². The fraction of sp³-hybridized carbons (Fsp3) is 0.176. The van der Waals surface area contributed by atoms with Gasteiger partial charge in [-0.05, 0) is 37.3 Å². The van der Waals surface area contributed by atoms with Crippen LogP contribution < -0.4 is 5.73 Å². The van der Waals surface area contributed by atoms with Crippen molar-refractivity contribution in [3.63, 3.8) is 0 Å². The normalized spacial score (nSPS) is 10.0. The molecular formula is C17H17F4NS. The molecule has 2 N–H and O–H groups in total. The largest absolute Gasteiger partial charge is 0.399 e. The quantitative estimate of drug-likeness (QED) is 0.270. The minimum atomic E-state index is -1.15. The second kappa shape index (κ2) is 8.62. The van der Waals surface area contributed by atoms with Gasteiger partial charge in [-0.25, -0.2) is 17.6 Å². The van der Waals surface area contributed by atoms with Crippen LogP contribution in [0.15, 0.2) is 41.8 Å². The molecule has 0 heterocycles. The van der Waals surface area contributed by atoms with Gasteiger partial charge in [0.15, 0.2) is 11.6 Å². The Morgan fingerprint density at radius 3 is 2.22 bits per heavy atom. The summed E-state index contributed by atoms with van der Waals surface area (Å²) in [7, 11) is 0. The Morgan fingerprint density at radius 2 is 1.74 bits per heavy atom. The third-order valence-corrected chi connectivity index (χ3v) is 3.81. The molecule has 2 rings (SSSR count). The second-order valence-corrected chi connectivity index (χ2v) is 5.48. The summed E-state index contributed by atoms with van der Waals surface area (Å²) in [5, 5.41) is 0. The average molecular weight is 343 g/mol. The molecule has 0 aliphatic heterocycles. The molecule has 0 spiro atoms. The lowest BCUT2D eigenvalue weighted by Crippen LogP contribution is -1.99. The van der Waals surface area contributed by atoms with Crippen LogP contribution in [0.1, 0.15) is 11.1 Å². The summed E-state index contributed by atoms with van der Waals surface area (Å²) in [4.78, 5) is 0.0161. The Labute approximate surface area is 137 Å². The predicted octanol–water partition coefficient (Wildman–Crippen LogP) is 5.27. The van der Waals surface area contributed by atoms with Crippen molar-refractivity contribution in [2.45, 2.75) is 18.2 Å². The molecule has 0 saturated carbocycles. The van der Waals surface area contributed by atoms with Gasteiger partial charge in [-0.3, -0.25) is 0 Å². The van der Waals surface area contributed by atoms with E-state index in [1.165, 1.54) is 12.1 Å². The zero-order chi connectivity index (χ0) is 17.6. The Hall–Kier alpha value is -1.95. The summed E-state index contributed by atoms with van der Waals surface area (Å²) in [5.41, 5.74) is 6.55. The number of benzene rings is 2. The van der Waals surface area contributed by atoms with Gasteiger partial charge in [-0.1, -0.05) is 12.1 Å². The lowest BCUT2D eigenvalue weighted by molar-refractivity contribution is 0.472. The molecule has 6 heteroatoms. The Balaban J connectivity index is 0.000000253. The average Bonchev–Trinajstić information content (AvgIpc) is 2.50. The molecule has 0 amide bonds. The predicted molar refractivity (Wildman–Crippen MR) is 87.5 cm³/mol. The van der Waals surface area contributed by atoms with Crippen LogP contribution in [-0.4, -0.2) is 6.26 Å². The summed E-state index contributed by atoms with van der Waals surface area (Å²) >= 11 is 0.988. The van der Waals surface area contributed by atoms with Crippen molar-refractivity contribution in [3.8, 4) is 0 Å². The van der Waals surface area contributed by atoms with E-state index in [1.807, 2.05) is 0 Å². The first-order valence-corrected chi connectivity index (χ1v) is 7.87. The molecule has 23 heavy (non-hydrogen) atoms. The monoisotopic (exact) mass is 343 g/mol. The van der Waals surface area contributed by atoms with Crippen LogP contribution in [0.4, 0.5) is 23.2 Å². The minimum Gasteiger partial charge on any atom is -0.399 e. The van der Waals surface area contributed by atoms with Gasteiger partial charge in [-0.15, -0.1) is 18.3 Å². The molecule has 0 saturated heterocycles. The van der Waals surface area contributed by atoms with Crippen molar-refractivity contribution in [1.82, 2.24) is 0 Å². The highest BCUT2D eigenvalue weighted by atomic mass is 32.2. The summed E-state index contributed by atoms with van der Waals surface area (Å²) < 4.78 is 51.7. The molecule has 2 aromatic carbocycles. The van der Waals surface area contributed by atoms with Gasteiger partial charge >= 0.3 is 0 Å². The van der Waals surface area contributed by atoms with Crippen molar-refractivity contribution < 1.29 is 17.6 Å². The number of aryl methyl sites for hydroxylation is 1. The smallest absolute Gasteiger partial charge is 0.172 e. The number of rotatable bonds is 3. The SMILES string of the molecule is C=CCc1c(F)cc(F)c(F)c1SC.Cc1ccc(N)cc1F. The first-order chi connectivity index (χ1) is 10.8. The highest BCUT2D eigenvalue weighted by molar-refractivity contribution is 7.98. The third-order valence-electron chi connectivity index (χ3n) is 2.97. The van der Waals surface area contributed by atoms with E-state index in [2.05, 4.69) is 6.58 Å². The van der Waals surface area contributed by atoms with Gasteiger partial charge in [0, 0.05) is 17.3 Å². The summed E-state index contributed by atoms with van der Waals surface area (Å²) in [6.07, 6.45) is 3.22. The molecule has 1 nitrogen and oxygen atoms in total. The van der Waals surface area contributed by atoms with Crippen molar-refractivity contribution >= 4 is 17.4 Å². The van der Waals surface area contributed by atoms with Gasteiger partial charge in [0.05, 0.1) is 4.90 Å². The fourth-order valence-electron chi connectivity index (χ4n) is 1.77. The van der Waals surface area contributed by atoms with E-state index in [0.29, 0.717) is 17.3 Å². The summed E-state index contributed by atoms with van der Waals surface area (Å²) in [6.45, 7) is 5.14. The lowest BCUT2D eigenvalue weighted by atomic mass is 10.1. The number of nitrogens with two attached hydrogens (primary N) is 1. The maximum absolute atomic E-state index is 13.2. The molecule has 0 aliphatic carbocycles. The van der Waals surface area contributed by atoms with Gasteiger partial charge in [0.1, 0.15) is 11.6 Å². The first-order valence-electron chi connectivity index (χ1n) is 6.64. The van der Waals surface area contributed by atoms with E-state index in [4.69, 9.17) is 5.73 Å². The van der Waals surface area contributed by atoms with Crippen molar-refractivity contribution in [1.29, 1.82) is 0 Å². The van der Waals surface area contributed by atoms with E-state index in [-0.39, 0.29) is 22.7 Å². The van der Waals surface area contributed by atoms with Gasteiger partial charge < -0.3 is 5.73 Å². The maximum atomic E-state index is 13.2. The van der Waals surface area contributed by atoms with Crippen LogP contribution in [0.5, 0.6) is 0 Å². The molecule has 0 radical (unpaired) electrons. The number of hydrogen-bond acceptors (Lipinski definition) is 2. The number of hydrogen-bond donors (Lipinski definition) is 1. The van der Waals surface area contributed by atoms with Gasteiger partial charge in [0.25, 0.3) is 0 Å². The highest BCUT2D eigenvalue weighted by Gasteiger charge is 2.16. The first kappa shape index (κ1) is 19.1. The molecule has 2 aromatic rings. The lowest BCUT2D eigenvalue weighted by Gasteiger charge is -2.08. The van der Waals surface area contributed by atoms with Crippen molar-refractivity contribution in [2.24, 2.45) is 0 Å². The highest BCUT2D eigenvalue weighted by Crippen LogP contribution is 2.28. The molecular weight excluding hydrogens is 326 g/mol. The number of nitrogen functional groups attached to an aromatic ring is 1. The summed E-state index contributed by atoms with van der Waals surface area (Å²) in [6, 6.07) is 5.21. The molecule has 0 atom stereocenters. The van der Waals surface area contributed by atoms with Crippen molar-refractivity contribution in [3.05, 3.63) is 71.3 Å². The molecule has 0 unspecified atom stereocenters. The van der Waals surface area contributed by atoms with E-state index >= 15 is 0 Å². The van der Waals surface area contributed by atoms with E-state index in [9.17, 15) is 17.6 Å². The van der Waals surface area contributed by atoms with Crippen LogP contribution in [-0.2, 0) is 6.42 Å². The summed E-state index contributed by atoms with van der Waals surface area (Å²) in [5.74, 6) is -3.11. The maximum Gasteiger partial charge on any atom is 0.172 e. The van der Waals surface area contributed by atoms with Crippen LogP contribution >= 0.6 is 11.8 Å². The molecule has 124 valence electrons. The van der Waals surface area contributed by atoms with Crippen LogP contribution in [0, 0.1) is 30.2 Å². The molecule has 0 aliphatic rings. The third kappa shape index (κ3) is 5.03. The van der Waals surface area contributed by atoms with Crippen LogP contribution in [0.2, 0.25) is 0 Å². The van der Waals surface area contributed by atoms with Crippen LogP contribution in [0.25, 0.3) is 0 Å². The van der Waals surface area contributed by atoms with E-state index < -0.39 is 17.5 Å². The van der Waals surface area contributed by atoms with E-state index in [0.717, 1.165) is 11.8 Å². The fourth-order valence-corrected chi connectivity index (χ4v) is 2.47. The number of anilines is 1. The topological polar surface area (TPSA) is 26.0 Å². The second-order valence-electron chi connectivity index (χ2n) is 4.67.